The number of nitrogens with one attached hydrogen (secondary N) is 1. The quantitative estimate of drug-likeness (QED) is 0.837. The van der Waals surface area contributed by atoms with E-state index in [9.17, 15) is 9.59 Å². The summed E-state index contributed by atoms with van der Waals surface area (Å²) in [5.74, 6) is -1.38. The first kappa shape index (κ1) is 12.6. The van der Waals surface area contributed by atoms with E-state index in [0.29, 0.717) is 24.3 Å². The summed E-state index contributed by atoms with van der Waals surface area (Å²) < 4.78 is 4.89. The monoisotopic (exact) mass is 252 g/mol. The molecule has 1 aromatic heterocycles. The van der Waals surface area contributed by atoms with Gasteiger partial charge in [-0.2, -0.15) is 0 Å². The SMILES string of the molecule is Cc1cc(CNC(=O)[C@@H]2CCC[C@@H]2C(=O)O)no1. The zero-order chi connectivity index (χ0) is 13.1. The van der Waals surface area contributed by atoms with Gasteiger partial charge in [0, 0.05) is 6.07 Å². The number of nitrogens with zero attached hydrogens (tertiary/aromatic N) is 1. The van der Waals surface area contributed by atoms with Crippen LogP contribution in [-0.2, 0) is 16.1 Å². The highest BCUT2D eigenvalue weighted by atomic mass is 16.5. The molecule has 0 saturated heterocycles. The molecule has 0 aliphatic heterocycles. The normalized spacial score (nSPS) is 22.9. The minimum atomic E-state index is -0.884. The van der Waals surface area contributed by atoms with Crippen molar-refractivity contribution in [1.82, 2.24) is 10.5 Å². The van der Waals surface area contributed by atoms with Gasteiger partial charge in [-0.25, -0.2) is 0 Å². The fraction of sp³-hybridized carbons (Fsp3) is 0.583. The Hall–Kier alpha value is -1.85. The van der Waals surface area contributed by atoms with Crippen LogP contribution in [0, 0.1) is 18.8 Å². The third-order valence-electron chi connectivity index (χ3n) is 3.29. The lowest BCUT2D eigenvalue weighted by Crippen LogP contribution is -2.34. The molecule has 0 radical (unpaired) electrons. The molecule has 2 atom stereocenters. The van der Waals surface area contributed by atoms with Gasteiger partial charge < -0.3 is 14.9 Å². The molecule has 1 fully saturated rings. The summed E-state index contributed by atoms with van der Waals surface area (Å²) in [4.78, 5) is 22.9. The molecular weight excluding hydrogens is 236 g/mol. The summed E-state index contributed by atoms with van der Waals surface area (Å²) in [5.41, 5.74) is 0.644. The first-order chi connectivity index (χ1) is 8.58. The van der Waals surface area contributed by atoms with Crippen LogP contribution in [0.2, 0.25) is 0 Å². The molecule has 6 heteroatoms. The van der Waals surface area contributed by atoms with Crippen LogP contribution in [0.1, 0.15) is 30.7 Å². The molecule has 0 unspecified atom stereocenters. The lowest BCUT2D eigenvalue weighted by molar-refractivity contribution is -0.146. The van der Waals surface area contributed by atoms with E-state index in [1.54, 1.807) is 13.0 Å². The zero-order valence-corrected chi connectivity index (χ0v) is 10.2. The van der Waals surface area contributed by atoms with E-state index in [2.05, 4.69) is 10.5 Å². The Balaban J connectivity index is 1.89. The molecule has 6 nitrogen and oxygen atoms in total. The van der Waals surface area contributed by atoms with Gasteiger partial charge in [0.05, 0.1) is 18.4 Å². The van der Waals surface area contributed by atoms with Crippen LogP contribution in [0.25, 0.3) is 0 Å². The Kier molecular flexibility index (Phi) is 3.64. The molecular formula is C12H16N2O4. The maximum atomic E-state index is 11.9. The number of aryl methyl sites for hydroxylation is 1. The molecule has 18 heavy (non-hydrogen) atoms. The summed E-state index contributed by atoms with van der Waals surface area (Å²) >= 11 is 0. The average molecular weight is 252 g/mol. The van der Waals surface area contributed by atoms with E-state index in [1.165, 1.54) is 0 Å². The summed E-state index contributed by atoms with van der Waals surface area (Å²) in [7, 11) is 0. The van der Waals surface area contributed by atoms with Crippen molar-refractivity contribution in [2.45, 2.75) is 32.7 Å². The van der Waals surface area contributed by atoms with E-state index >= 15 is 0 Å². The van der Waals surface area contributed by atoms with Crippen LogP contribution < -0.4 is 5.32 Å². The van der Waals surface area contributed by atoms with Crippen molar-refractivity contribution in [2.24, 2.45) is 11.8 Å². The molecule has 98 valence electrons. The molecule has 1 saturated carbocycles. The van der Waals surface area contributed by atoms with Gasteiger partial charge in [-0.3, -0.25) is 9.59 Å². The van der Waals surface area contributed by atoms with Crippen LogP contribution in [0.5, 0.6) is 0 Å². The third-order valence-corrected chi connectivity index (χ3v) is 3.29. The Morgan fingerprint density at radius 3 is 2.83 bits per heavy atom. The molecule has 1 aliphatic carbocycles. The maximum absolute atomic E-state index is 11.9. The van der Waals surface area contributed by atoms with Gasteiger partial charge in [0.1, 0.15) is 11.5 Å². The van der Waals surface area contributed by atoms with Gasteiger partial charge in [-0.1, -0.05) is 11.6 Å². The predicted molar refractivity (Wildman–Crippen MR) is 61.6 cm³/mol. The van der Waals surface area contributed by atoms with E-state index < -0.39 is 17.8 Å². The van der Waals surface area contributed by atoms with Crippen LogP contribution >= 0.6 is 0 Å². The van der Waals surface area contributed by atoms with Crippen molar-refractivity contribution in [1.29, 1.82) is 0 Å². The largest absolute Gasteiger partial charge is 0.481 e. The topological polar surface area (TPSA) is 92.4 Å². The smallest absolute Gasteiger partial charge is 0.307 e. The number of rotatable bonds is 4. The van der Waals surface area contributed by atoms with Crippen molar-refractivity contribution in [3.8, 4) is 0 Å². The number of aromatic nitrogens is 1. The van der Waals surface area contributed by atoms with Crippen molar-refractivity contribution in [3.63, 3.8) is 0 Å². The second kappa shape index (κ2) is 5.20. The summed E-state index contributed by atoms with van der Waals surface area (Å²) in [6, 6.07) is 1.74. The number of carboxylic acid groups (broad SMARTS) is 1. The Bertz CT molecular complexity index is 455. The predicted octanol–water partition coefficient (Wildman–Crippen LogP) is 1.10. The van der Waals surface area contributed by atoms with Crippen LogP contribution in [-0.4, -0.2) is 22.1 Å². The van der Waals surface area contributed by atoms with E-state index in [-0.39, 0.29) is 12.5 Å². The Morgan fingerprint density at radius 1 is 1.50 bits per heavy atom. The second-order valence-electron chi connectivity index (χ2n) is 4.63. The minimum Gasteiger partial charge on any atom is -0.481 e. The second-order valence-corrected chi connectivity index (χ2v) is 4.63. The number of carboxylic acids is 1. The van der Waals surface area contributed by atoms with Crippen LogP contribution in [0.15, 0.2) is 10.6 Å². The number of aliphatic carboxylic acids is 1. The highest BCUT2D eigenvalue weighted by Crippen LogP contribution is 2.32. The number of hydrogen-bond donors (Lipinski definition) is 2. The molecule has 1 aliphatic rings. The number of hydrogen-bond acceptors (Lipinski definition) is 4. The first-order valence-electron chi connectivity index (χ1n) is 6.00. The molecule has 2 N–H and O–H groups in total. The van der Waals surface area contributed by atoms with Gasteiger partial charge >= 0.3 is 5.97 Å². The molecule has 0 aromatic carbocycles. The van der Waals surface area contributed by atoms with E-state index in [4.69, 9.17) is 9.63 Å². The zero-order valence-electron chi connectivity index (χ0n) is 10.2. The highest BCUT2D eigenvalue weighted by Gasteiger charge is 2.37. The molecule has 2 rings (SSSR count). The summed E-state index contributed by atoms with van der Waals surface area (Å²) in [6.07, 6.45) is 2.01. The molecule has 1 heterocycles. The average Bonchev–Trinajstić information content (AvgIpc) is 2.94. The number of carbonyl (C=O) groups excluding carboxylic acids is 1. The maximum Gasteiger partial charge on any atom is 0.307 e. The first-order valence-corrected chi connectivity index (χ1v) is 6.00. The number of amides is 1. The van der Waals surface area contributed by atoms with E-state index in [1.807, 2.05) is 0 Å². The molecule has 1 aromatic rings. The van der Waals surface area contributed by atoms with Gasteiger partial charge in [0.25, 0.3) is 0 Å². The lowest BCUT2D eigenvalue weighted by atomic mass is 9.95. The fourth-order valence-electron chi connectivity index (χ4n) is 2.38. The van der Waals surface area contributed by atoms with E-state index in [0.717, 1.165) is 6.42 Å². The minimum absolute atomic E-state index is 0.208. The lowest BCUT2D eigenvalue weighted by Gasteiger charge is -2.14. The molecule has 0 bridgehead atoms. The number of carbonyl (C=O) groups is 2. The Labute approximate surface area is 104 Å². The molecule has 1 amide bonds. The third kappa shape index (κ3) is 2.69. The van der Waals surface area contributed by atoms with Gasteiger partial charge in [-0.05, 0) is 19.8 Å². The van der Waals surface area contributed by atoms with Crippen LogP contribution in [0.3, 0.4) is 0 Å². The van der Waals surface area contributed by atoms with Crippen molar-refractivity contribution >= 4 is 11.9 Å². The Morgan fingerprint density at radius 2 is 2.22 bits per heavy atom. The standard InChI is InChI=1S/C12H16N2O4/c1-7-5-8(14-18-7)6-13-11(15)9-3-2-4-10(9)12(16)17/h5,9-10H,2-4,6H2,1H3,(H,13,15)(H,16,17)/t9-,10+/m1/s1. The highest BCUT2D eigenvalue weighted by molar-refractivity contribution is 5.85. The van der Waals surface area contributed by atoms with Gasteiger partial charge in [0.15, 0.2) is 0 Å². The van der Waals surface area contributed by atoms with Gasteiger partial charge in [0.2, 0.25) is 5.91 Å². The fourth-order valence-corrected chi connectivity index (χ4v) is 2.38. The summed E-state index contributed by atoms with van der Waals surface area (Å²) in [6.45, 7) is 2.05. The van der Waals surface area contributed by atoms with Crippen molar-refractivity contribution < 1.29 is 19.2 Å². The molecule has 0 spiro atoms. The summed E-state index contributed by atoms with van der Waals surface area (Å²) in [5, 5.41) is 15.5. The van der Waals surface area contributed by atoms with Gasteiger partial charge in [-0.15, -0.1) is 0 Å². The van der Waals surface area contributed by atoms with Crippen molar-refractivity contribution in [2.75, 3.05) is 0 Å². The van der Waals surface area contributed by atoms with Crippen molar-refractivity contribution in [3.05, 3.63) is 17.5 Å². The van der Waals surface area contributed by atoms with Crippen LogP contribution in [0.4, 0.5) is 0 Å².